The van der Waals surface area contributed by atoms with Gasteiger partial charge in [0.1, 0.15) is 5.82 Å². The average molecular weight is 375 g/mol. The van der Waals surface area contributed by atoms with Crippen molar-refractivity contribution in [2.75, 3.05) is 13.1 Å². The van der Waals surface area contributed by atoms with Crippen molar-refractivity contribution in [1.82, 2.24) is 24.8 Å². The Hall–Kier alpha value is -2.99. The van der Waals surface area contributed by atoms with Gasteiger partial charge in [-0.05, 0) is 36.6 Å². The Labute approximate surface area is 165 Å². The number of hydrogen-bond donors (Lipinski definition) is 1. The van der Waals surface area contributed by atoms with E-state index in [1.54, 1.807) is 12.4 Å². The van der Waals surface area contributed by atoms with Gasteiger partial charge in [-0.1, -0.05) is 18.2 Å². The Morgan fingerprint density at radius 1 is 1.18 bits per heavy atom. The van der Waals surface area contributed by atoms with Gasteiger partial charge in [-0.25, -0.2) is 4.98 Å². The number of carbonyl (C=O) groups is 1. The van der Waals surface area contributed by atoms with Gasteiger partial charge >= 0.3 is 0 Å². The number of aromatic nitrogens is 3. The first kappa shape index (κ1) is 18.4. The molecule has 1 aliphatic rings. The highest BCUT2D eigenvalue weighted by Crippen LogP contribution is 2.19. The number of imidazole rings is 1. The zero-order valence-corrected chi connectivity index (χ0v) is 16.1. The van der Waals surface area contributed by atoms with Crippen LogP contribution in [0.2, 0.25) is 0 Å². The molecule has 0 atom stereocenters. The zero-order chi connectivity index (χ0) is 19.3. The van der Waals surface area contributed by atoms with Gasteiger partial charge < -0.3 is 9.88 Å². The summed E-state index contributed by atoms with van der Waals surface area (Å²) >= 11 is 0. The van der Waals surface area contributed by atoms with Crippen LogP contribution in [-0.2, 0) is 13.6 Å². The van der Waals surface area contributed by atoms with Crippen LogP contribution in [-0.4, -0.2) is 44.5 Å². The van der Waals surface area contributed by atoms with Crippen molar-refractivity contribution in [3.63, 3.8) is 0 Å². The molecule has 3 aromatic rings. The van der Waals surface area contributed by atoms with E-state index in [2.05, 4.69) is 26.3 Å². The number of piperidine rings is 1. The minimum atomic E-state index is -0.0123. The lowest BCUT2D eigenvalue weighted by molar-refractivity contribution is 0.0909. The van der Waals surface area contributed by atoms with E-state index in [0.29, 0.717) is 5.56 Å². The van der Waals surface area contributed by atoms with E-state index in [9.17, 15) is 4.79 Å². The van der Waals surface area contributed by atoms with E-state index in [0.717, 1.165) is 43.9 Å². The minimum absolute atomic E-state index is 0.0123. The molecule has 0 bridgehead atoms. The molecular weight excluding hydrogens is 350 g/mol. The van der Waals surface area contributed by atoms with Crippen LogP contribution in [0.15, 0.2) is 61.2 Å². The summed E-state index contributed by atoms with van der Waals surface area (Å²) in [5.41, 5.74) is 2.86. The highest BCUT2D eigenvalue weighted by molar-refractivity contribution is 5.95. The van der Waals surface area contributed by atoms with E-state index >= 15 is 0 Å². The molecule has 1 N–H and O–H groups in total. The van der Waals surface area contributed by atoms with E-state index < -0.39 is 0 Å². The molecule has 0 spiro atoms. The Morgan fingerprint density at radius 3 is 2.75 bits per heavy atom. The van der Waals surface area contributed by atoms with Gasteiger partial charge in [0, 0.05) is 68.6 Å². The number of pyridine rings is 1. The predicted molar refractivity (Wildman–Crippen MR) is 109 cm³/mol. The standard InChI is InChI=1S/C22H25N5O/c1-26-13-10-24-21(26)18-5-2-6-19(14-18)22(28)25-20-7-11-27(12-8-20)16-17-4-3-9-23-15-17/h2-6,9-10,13-15,20H,7-8,11-12,16H2,1H3,(H,25,28). The van der Waals surface area contributed by atoms with Gasteiger partial charge in [-0.15, -0.1) is 0 Å². The quantitative estimate of drug-likeness (QED) is 0.745. The van der Waals surface area contributed by atoms with Gasteiger partial charge in [0.2, 0.25) is 0 Å². The van der Waals surface area contributed by atoms with Crippen LogP contribution < -0.4 is 5.32 Å². The van der Waals surface area contributed by atoms with Crippen LogP contribution >= 0.6 is 0 Å². The summed E-state index contributed by atoms with van der Waals surface area (Å²) in [6.45, 7) is 2.88. The maximum atomic E-state index is 12.7. The minimum Gasteiger partial charge on any atom is -0.349 e. The Balaban J connectivity index is 1.33. The fourth-order valence-electron chi connectivity index (χ4n) is 3.70. The second-order valence-electron chi connectivity index (χ2n) is 7.33. The van der Waals surface area contributed by atoms with Gasteiger partial charge in [0.25, 0.3) is 5.91 Å². The number of likely N-dealkylation sites (tertiary alicyclic amines) is 1. The summed E-state index contributed by atoms with van der Waals surface area (Å²) in [5.74, 6) is 0.847. The first-order chi connectivity index (χ1) is 13.7. The predicted octanol–water partition coefficient (Wildman–Crippen LogP) is 2.88. The molecule has 1 aromatic carbocycles. The van der Waals surface area contributed by atoms with Crippen LogP contribution in [0.4, 0.5) is 0 Å². The SMILES string of the molecule is Cn1ccnc1-c1cccc(C(=O)NC2CCN(Cc3cccnc3)CC2)c1. The topological polar surface area (TPSA) is 63.1 Å². The lowest BCUT2D eigenvalue weighted by Crippen LogP contribution is -2.44. The largest absolute Gasteiger partial charge is 0.349 e. The van der Waals surface area contributed by atoms with E-state index in [1.165, 1.54) is 5.56 Å². The molecule has 2 aromatic heterocycles. The first-order valence-corrected chi connectivity index (χ1v) is 9.69. The molecule has 0 saturated carbocycles. The van der Waals surface area contributed by atoms with E-state index in [-0.39, 0.29) is 11.9 Å². The number of benzene rings is 1. The molecule has 1 fully saturated rings. The molecule has 0 aliphatic carbocycles. The highest BCUT2D eigenvalue weighted by Gasteiger charge is 2.21. The van der Waals surface area contributed by atoms with Gasteiger partial charge in [0.05, 0.1) is 0 Å². The Kier molecular flexibility index (Phi) is 5.48. The van der Waals surface area contributed by atoms with Gasteiger partial charge in [-0.3, -0.25) is 14.7 Å². The van der Waals surface area contributed by atoms with Crippen LogP contribution in [0.3, 0.4) is 0 Å². The molecule has 144 valence electrons. The first-order valence-electron chi connectivity index (χ1n) is 9.69. The van der Waals surface area contributed by atoms with Gasteiger partial charge in [-0.2, -0.15) is 0 Å². The average Bonchev–Trinajstić information content (AvgIpc) is 3.16. The number of aryl methyl sites for hydroxylation is 1. The monoisotopic (exact) mass is 375 g/mol. The Morgan fingerprint density at radius 2 is 2.04 bits per heavy atom. The maximum Gasteiger partial charge on any atom is 0.251 e. The number of hydrogen-bond acceptors (Lipinski definition) is 4. The lowest BCUT2D eigenvalue weighted by Gasteiger charge is -2.32. The van der Waals surface area contributed by atoms with Crippen molar-refractivity contribution in [1.29, 1.82) is 0 Å². The van der Waals surface area contributed by atoms with Crippen LogP contribution in [0.5, 0.6) is 0 Å². The number of nitrogens with one attached hydrogen (secondary N) is 1. The summed E-state index contributed by atoms with van der Waals surface area (Å²) in [7, 11) is 1.95. The molecule has 6 heteroatoms. The number of nitrogens with zero attached hydrogens (tertiary/aromatic N) is 4. The summed E-state index contributed by atoms with van der Waals surface area (Å²) in [5, 5.41) is 3.20. The van der Waals surface area contributed by atoms with Crippen molar-refractivity contribution < 1.29 is 4.79 Å². The van der Waals surface area contributed by atoms with Crippen molar-refractivity contribution in [3.05, 3.63) is 72.3 Å². The van der Waals surface area contributed by atoms with Crippen LogP contribution in [0.1, 0.15) is 28.8 Å². The lowest BCUT2D eigenvalue weighted by atomic mass is 10.0. The number of carbonyl (C=O) groups excluding carboxylic acids is 1. The number of amides is 1. The smallest absolute Gasteiger partial charge is 0.251 e. The molecule has 0 radical (unpaired) electrons. The number of rotatable bonds is 5. The van der Waals surface area contributed by atoms with Crippen molar-refractivity contribution >= 4 is 5.91 Å². The van der Waals surface area contributed by atoms with Crippen LogP contribution in [0.25, 0.3) is 11.4 Å². The molecule has 3 heterocycles. The van der Waals surface area contributed by atoms with Crippen molar-refractivity contribution in [2.24, 2.45) is 7.05 Å². The molecule has 1 aliphatic heterocycles. The molecule has 28 heavy (non-hydrogen) atoms. The molecule has 1 amide bonds. The second kappa shape index (κ2) is 8.35. The zero-order valence-electron chi connectivity index (χ0n) is 16.1. The molecule has 1 saturated heterocycles. The fraction of sp³-hybridized carbons (Fsp3) is 0.318. The third-order valence-corrected chi connectivity index (χ3v) is 5.26. The highest BCUT2D eigenvalue weighted by atomic mass is 16.1. The third kappa shape index (κ3) is 4.28. The van der Waals surface area contributed by atoms with Crippen LogP contribution in [0, 0.1) is 0 Å². The normalized spacial score (nSPS) is 15.5. The third-order valence-electron chi connectivity index (χ3n) is 5.26. The van der Waals surface area contributed by atoms with E-state index in [4.69, 9.17) is 0 Å². The van der Waals surface area contributed by atoms with Gasteiger partial charge in [0.15, 0.2) is 0 Å². The Bertz CT molecular complexity index is 929. The summed E-state index contributed by atoms with van der Waals surface area (Å²) in [4.78, 5) is 23.7. The summed E-state index contributed by atoms with van der Waals surface area (Å²) < 4.78 is 1.95. The second-order valence-corrected chi connectivity index (χ2v) is 7.33. The molecule has 6 nitrogen and oxygen atoms in total. The molecule has 0 unspecified atom stereocenters. The van der Waals surface area contributed by atoms with Crippen molar-refractivity contribution in [3.8, 4) is 11.4 Å². The van der Waals surface area contributed by atoms with E-state index in [1.807, 2.05) is 54.3 Å². The maximum absolute atomic E-state index is 12.7. The molecule has 4 rings (SSSR count). The molecular formula is C22H25N5O. The van der Waals surface area contributed by atoms with Crippen molar-refractivity contribution in [2.45, 2.75) is 25.4 Å². The summed E-state index contributed by atoms with van der Waals surface area (Å²) in [6.07, 6.45) is 9.31. The summed E-state index contributed by atoms with van der Waals surface area (Å²) in [6, 6.07) is 12.0. The fourth-order valence-corrected chi connectivity index (χ4v) is 3.70.